The predicted molar refractivity (Wildman–Crippen MR) is 55.3 cm³/mol. The summed E-state index contributed by atoms with van der Waals surface area (Å²) in [6, 6.07) is 6.72. The van der Waals surface area contributed by atoms with Gasteiger partial charge in [0.05, 0.1) is 0 Å². The first-order valence-corrected chi connectivity index (χ1v) is 4.50. The van der Waals surface area contributed by atoms with Crippen molar-refractivity contribution < 1.29 is 4.79 Å². The molecule has 1 aromatic carbocycles. The van der Waals surface area contributed by atoms with Crippen molar-refractivity contribution in [3.63, 3.8) is 0 Å². The van der Waals surface area contributed by atoms with Gasteiger partial charge in [0.15, 0.2) is 0 Å². The first-order chi connectivity index (χ1) is 5.63. The van der Waals surface area contributed by atoms with Gasteiger partial charge in [0.2, 0.25) is 5.91 Å². The van der Waals surface area contributed by atoms with Crippen molar-refractivity contribution in [1.82, 2.24) is 0 Å². The standard InChI is InChI=1S/C8H9IN2O/c9-6-4-2-1-3-5(6)7(10)8(11)12/h1-4,7H,10H2,(H2,11,12). The van der Waals surface area contributed by atoms with Crippen LogP contribution >= 0.6 is 22.6 Å². The van der Waals surface area contributed by atoms with Gasteiger partial charge in [-0.2, -0.15) is 0 Å². The molecule has 3 nitrogen and oxygen atoms in total. The molecule has 1 rings (SSSR count). The Labute approximate surface area is 84.3 Å². The van der Waals surface area contributed by atoms with E-state index in [9.17, 15) is 4.79 Å². The molecule has 0 aromatic heterocycles. The molecule has 0 aliphatic rings. The number of carbonyl (C=O) groups excluding carboxylic acids is 1. The van der Waals surface area contributed by atoms with Crippen molar-refractivity contribution in [3.8, 4) is 0 Å². The molecule has 64 valence electrons. The van der Waals surface area contributed by atoms with E-state index in [0.717, 1.165) is 9.13 Å². The zero-order chi connectivity index (χ0) is 9.14. The van der Waals surface area contributed by atoms with E-state index in [-0.39, 0.29) is 0 Å². The van der Waals surface area contributed by atoms with Crippen LogP contribution in [0.5, 0.6) is 0 Å². The van der Waals surface area contributed by atoms with Gasteiger partial charge in [-0.25, -0.2) is 0 Å². The molecule has 1 unspecified atom stereocenters. The number of rotatable bonds is 2. The van der Waals surface area contributed by atoms with Crippen molar-refractivity contribution in [1.29, 1.82) is 0 Å². The number of halogens is 1. The number of nitrogens with two attached hydrogens (primary N) is 2. The lowest BCUT2D eigenvalue weighted by Gasteiger charge is -2.08. The first-order valence-electron chi connectivity index (χ1n) is 3.42. The van der Waals surface area contributed by atoms with E-state index < -0.39 is 11.9 Å². The van der Waals surface area contributed by atoms with Gasteiger partial charge in [-0.3, -0.25) is 4.79 Å². The van der Waals surface area contributed by atoms with Crippen LogP contribution < -0.4 is 11.5 Å². The molecular formula is C8H9IN2O. The van der Waals surface area contributed by atoms with Crippen LogP contribution in [0.25, 0.3) is 0 Å². The normalized spacial score (nSPS) is 12.5. The molecule has 0 radical (unpaired) electrons. The molecular weight excluding hydrogens is 267 g/mol. The highest BCUT2D eigenvalue weighted by atomic mass is 127. The Hall–Kier alpha value is -0.620. The Bertz CT molecular complexity index is 301. The molecule has 0 saturated carbocycles. The molecule has 0 spiro atoms. The molecule has 0 heterocycles. The second-order valence-electron chi connectivity index (χ2n) is 2.40. The Morgan fingerprint density at radius 1 is 1.42 bits per heavy atom. The van der Waals surface area contributed by atoms with Gasteiger partial charge in [-0.15, -0.1) is 0 Å². The zero-order valence-electron chi connectivity index (χ0n) is 6.33. The van der Waals surface area contributed by atoms with Gasteiger partial charge in [-0.05, 0) is 34.2 Å². The summed E-state index contributed by atoms with van der Waals surface area (Å²) >= 11 is 2.12. The van der Waals surface area contributed by atoms with Crippen LogP contribution in [0.3, 0.4) is 0 Å². The summed E-state index contributed by atoms with van der Waals surface area (Å²) in [5.41, 5.74) is 11.4. The second kappa shape index (κ2) is 3.86. The topological polar surface area (TPSA) is 69.1 Å². The average molecular weight is 276 g/mol. The third-order valence-electron chi connectivity index (χ3n) is 1.55. The molecule has 1 amide bonds. The van der Waals surface area contributed by atoms with E-state index in [2.05, 4.69) is 22.6 Å². The number of hydrogen-bond donors (Lipinski definition) is 2. The average Bonchev–Trinajstić information content (AvgIpc) is 2.04. The number of benzene rings is 1. The third-order valence-corrected chi connectivity index (χ3v) is 2.53. The van der Waals surface area contributed by atoms with Gasteiger partial charge >= 0.3 is 0 Å². The van der Waals surface area contributed by atoms with E-state index in [1.807, 2.05) is 18.2 Å². The van der Waals surface area contributed by atoms with E-state index >= 15 is 0 Å². The SMILES string of the molecule is NC(=O)C(N)c1ccccc1I. The van der Waals surface area contributed by atoms with Crippen molar-refractivity contribution in [2.24, 2.45) is 11.5 Å². The minimum absolute atomic E-state index is 0.501. The summed E-state index contributed by atoms with van der Waals surface area (Å²) in [5.74, 6) is -0.501. The smallest absolute Gasteiger partial charge is 0.238 e. The summed E-state index contributed by atoms with van der Waals surface area (Å²) in [5, 5.41) is 0. The van der Waals surface area contributed by atoms with Crippen LogP contribution in [0.1, 0.15) is 11.6 Å². The van der Waals surface area contributed by atoms with E-state index in [4.69, 9.17) is 11.5 Å². The fraction of sp³-hybridized carbons (Fsp3) is 0.125. The molecule has 1 atom stereocenters. The summed E-state index contributed by atoms with van der Waals surface area (Å²) in [6.07, 6.45) is 0. The molecule has 0 aliphatic carbocycles. The molecule has 12 heavy (non-hydrogen) atoms. The van der Waals surface area contributed by atoms with Crippen LogP contribution in [-0.4, -0.2) is 5.91 Å². The largest absolute Gasteiger partial charge is 0.368 e. The van der Waals surface area contributed by atoms with Gasteiger partial charge in [0.25, 0.3) is 0 Å². The van der Waals surface area contributed by atoms with Crippen molar-refractivity contribution in [2.45, 2.75) is 6.04 Å². The molecule has 1 aromatic rings. The van der Waals surface area contributed by atoms with Crippen LogP contribution in [0.2, 0.25) is 0 Å². The van der Waals surface area contributed by atoms with Crippen LogP contribution in [0.15, 0.2) is 24.3 Å². The fourth-order valence-corrected chi connectivity index (χ4v) is 1.60. The highest BCUT2D eigenvalue weighted by Crippen LogP contribution is 2.17. The Balaban J connectivity index is 3.02. The minimum Gasteiger partial charge on any atom is -0.368 e. The maximum atomic E-state index is 10.7. The van der Waals surface area contributed by atoms with Crippen molar-refractivity contribution in [2.75, 3.05) is 0 Å². The highest BCUT2D eigenvalue weighted by molar-refractivity contribution is 14.1. The Morgan fingerprint density at radius 2 is 2.00 bits per heavy atom. The molecule has 4 N–H and O–H groups in total. The van der Waals surface area contributed by atoms with Gasteiger partial charge < -0.3 is 11.5 Å². The summed E-state index contributed by atoms with van der Waals surface area (Å²) in [6.45, 7) is 0. The predicted octanol–water partition coefficient (Wildman–Crippen LogP) is 0.776. The van der Waals surface area contributed by atoms with E-state index in [1.165, 1.54) is 0 Å². The number of primary amides is 1. The van der Waals surface area contributed by atoms with Crippen molar-refractivity contribution in [3.05, 3.63) is 33.4 Å². The van der Waals surface area contributed by atoms with E-state index in [1.54, 1.807) is 6.07 Å². The third kappa shape index (κ3) is 1.95. The lowest BCUT2D eigenvalue weighted by molar-refractivity contribution is -0.119. The first kappa shape index (κ1) is 9.47. The molecule has 0 saturated heterocycles. The lowest BCUT2D eigenvalue weighted by atomic mass is 10.1. The van der Waals surface area contributed by atoms with Gasteiger partial charge in [0.1, 0.15) is 6.04 Å². The molecule has 0 bridgehead atoms. The molecule has 4 heteroatoms. The van der Waals surface area contributed by atoms with E-state index in [0.29, 0.717) is 0 Å². The van der Waals surface area contributed by atoms with Crippen molar-refractivity contribution >= 4 is 28.5 Å². The fourth-order valence-electron chi connectivity index (χ4n) is 0.881. The van der Waals surface area contributed by atoms with Crippen LogP contribution in [-0.2, 0) is 4.79 Å². The minimum atomic E-state index is -0.696. The maximum Gasteiger partial charge on any atom is 0.238 e. The maximum absolute atomic E-state index is 10.7. The second-order valence-corrected chi connectivity index (χ2v) is 3.56. The Kier molecular flexibility index (Phi) is 3.05. The van der Waals surface area contributed by atoms with Crippen LogP contribution in [0, 0.1) is 3.57 Å². The van der Waals surface area contributed by atoms with Crippen LogP contribution in [0.4, 0.5) is 0 Å². The number of hydrogen-bond acceptors (Lipinski definition) is 2. The molecule has 0 fully saturated rings. The summed E-state index contributed by atoms with van der Waals surface area (Å²) in [7, 11) is 0. The van der Waals surface area contributed by atoms with Gasteiger partial charge in [0, 0.05) is 3.57 Å². The van der Waals surface area contributed by atoms with Gasteiger partial charge in [-0.1, -0.05) is 18.2 Å². The lowest BCUT2D eigenvalue weighted by Crippen LogP contribution is -2.28. The molecule has 0 aliphatic heterocycles. The Morgan fingerprint density at radius 3 is 2.50 bits per heavy atom. The summed E-state index contributed by atoms with van der Waals surface area (Å²) < 4.78 is 0.960. The number of amides is 1. The number of carbonyl (C=O) groups is 1. The quantitative estimate of drug-likeness (QED) is 0.783. The summed E-state index contributed by atoms with van der Waals surface area (Å²) in [4.78, 5) is 10.7. The monoisotopic (exact) mass is 276 g/mol. The highest BCUT2D eigenvalue weighted by Gasteiger charge is 2.13. The zero-order valence-corrected chi connectivity index (χ0v) is 8.49.